The number of allylic oxidation sites excluding steroid dienone is 1. The molecule has 0 amide bonds. The van der Waals surface area contributed by atoms with Gasteiger partial charge >= 0.3 is 0 Å². The van der Waals surface area contributed by atoms with Crippen LogP contribution >= 0.6 is 0 Å². The number of ether oxygens (including phenoxy) is 5. The average Bonchev–Trinajstić information content (AvgIpc) is 3.15. The first kappa shape index (κ1) is 18.2. The smallest absolute Gasteiger partial charge is 0.231 e. The number of rotatable bonds is 5. The normalized spacial score (nSPS) is 16.8. The fourth-order valence-corrected chi connectivity index (χ4v) is 3.20. The minimum Gasteiger partial charge on any atom is -0.493 e. The number of ketones is 1. The van der Waals surface area contributed by atoms with Crippen molar-refractivity contribution in [2.45, 2.75) is 26.4 Å². The summed E-state index contributed by atoms with van der Waals surface area (Å²) in [6.07, 6.45) is 1.82. The van der Waals surface area contributed by atoms with Gasteiger partial charge in [-0.05, 0) is 43.7 Å². The van der Waals surface area contributed by atoms with Crippen molar-refractivity contribution in [3.05, 3.63) is 53.1 Å². The fraction of sp³-hybridized carbons (Fsp3) is 0.318. The van der Waals surface area contributed by atoms with Crippen LogP contribution in [0.1, 0.15) is 42.3 Å². The van der Waals surface area contributed by atoms with Crippen molar-refractivity contribution in [3.8, 4) is 28.7 Å². The second kappa shape index (κ2) is 7.46. The second-order valence-corrected chi connectivity index (χ2v) is 6.94. The van der Waals surface area contributed by atoms with Crippen LogP contribution in [0.15, 0.2) is 42.0 Å². The highest BCUT2D eigenvalue weighted by atomic mass is 16.7. The Morgan fingerprint density at radius 2 is 1.93 bits per heavy atom. The minimum atomic E-state index is -0.392. The zero-order valence-electron chi connectivity index (χ0n) is 16.1. The summed E-state index contributed by atoms with van der Waals surface area (Å²) in [6, 6.07) is 9.00. The van der Waals surface area contributed by atoms with Crippen LogP contribution in [-0.2, 0) is 0 Å². The molecular weight excluding hydrogens is 360 g/mol. The maximum Gasteiger partial charge on any atom is 0.231 e. The Labute approximate surface area is 163 Å². The van der Waals surface area contributed by atoms with E-state index in [2.05, 4.69) is 0 Å². The molecule has 0 radical (unpaired) electrons. The van der Waals surface area contributed by atoms with Crippen LogP contribution in [0.5, 0.6) is 28.7 Å². The molecule has 0 saturated heterocycles. The lowest BCUT2D eigenvalue weighted by Crippen LogP contribution is -2.20. The van der Waals surface area contributed by atoms with E-state index >= 15 is 0 Å². The van der Waals surface area contributed by atoms with E-state index in [4.69, 9.17) is 23.7 Å². The Bertz CT molecular complexity index is 942. The molecule has 0 aliphatic carbocycles. The predicted molar refractivity (Wildman–Crippen MR) is 103 cm³/mol. The van der Waals surface area contributed by atoms with Crippen LogP contribution in [0.3, 0.4) is 0 Å². The summed E-state index contributed by atoms with van der Waals surface area (Å²) in [7, 11) is 1.56. The standard InChI is InChI=1S/C22H22O6/c1-13(2)6-7-25-22-9-15-16(23)10-18(28-19(15)11-20(22)24-3)14-4-5-17-21(8-14)27-12-26-17/h4-6,8-9,11,18H,7,10,12H2,1-3H3/t18-/m0/s1. The molecule has 1 atom stereocenters. The van der Waals surface area contributed by atoms with E-state index in [1.54, 1.807) is 19.2 Å². The zero-order chi connectivity index (χ0) is 19.7. The van der Waals surface area contributed by atoms with Crippen LogP contribution in [0.2, 0.25) is 0 Å². The molecule has 2 aromatic carbocycles. The summed E-state index contributed by atoms with van der Waals surface area (Å²) in [5.74, 6) is 2.91. The Morgan fingerprint density at radius 3 is 2.71 bits per heavy atom. The van der Waals surface area contributed by atoms with Gasteiger partial charge in [0.25, 0.3) is 0 Å². The average molecular weight is 382 g/mol. The minimum absolute atomic E-state index is 0.00126. The highest BCUT2D eigenvalue weighted by molar-refractivity contribution is 6.00. The summed E-state index contributed by atoms with van der Waals surface area (Å²) in [4.78, 5) is 12.8. The van der Waals surface area contributed by atoms with Crippen LogP contribution in [-0.4, -0.2) is 26.3 Å². The molecule has 0 fully saturated rings. The van der Waals surface area contributed by atoms with Gasteiger partial charge in [0.2, 0.25) is 6.79 Å². The Kier molecular flexibility index (Phi) is 4.86. The Balaban J connectivity index is 1.61. The van der Waals surface area contributed by atoms with Gasteiger partial charge in [-0.2, -0.15) is 0 Å². The van der Waals surface area contributed by atoms with Crippen molar-refractivity contribution in [2.24, 2.45) is 0 Å². The van der Waals surface area contributed by atoms with E-state index < -0.39 is 6.10 Å². The summed E-state index contributed by atoms with van der Waals surface area (Å²) < 4.78 is 28.1. The zero-order valence-corrected chi connectivity index (χ0v) is 16.1. The predicted octanol–water partition coefficient (Wildman–Crippen LogP) is 4.48. The van der Waals surface area contributed by atoms with Crippen molar-refractivity contribution in [1.82, 2.24) is 0 Å². The van der Waals surface area contributed by atoms with Gasteiger partial charge in [0.15, 0.2) is 28.8 Å². The van der Waals surface area contributed by atoms with Crippen LogP contribution in [0.4, 0.5) is 0 Å². The Hall–Kier alpha value is -3.15. The van der Waals surface area contributed by atoms with Crippen LogP contribution in [0, 0.1) is 0 Å². The molecular formula is C22H22O6. The molecule has 0 saturated carbocycles. The van der Waals surface area contributed by atoms with Crippen LogP contribution < -0.4 is 23.7 Å². The molecule has 2 aliphatic rings. The molecule has 2 aliphatic heterocycles. The summed E-state index contributed by atoms with van der Waals surface area (Å²) in [6.45, 7) is 4.62. The topological polar surface area (TPSA) is 63.2 Å². The summed E-state index contributed by atoms with van der Waals surface area (Å²) >= 11 is 0. The molecule has 6 nitrogen and oxygen atoms in total. The van der Waals surface area contributed by atoms with Crippen molar-refractivity contribution in [2.75, 3.05) is 20.5 Å². The first-order valence-electron chi connectivity index (χ1n) is 9.12. The lowest BCUT2D eigenvalue weighted by atomic mass is 9.95. The number of benzene rings is 2. The van der Waals surface area contributed by atoms with E-state index in [1.165, 1.54) is 0 Å². The number of fused-ring (bicyclic) bond motifs is 2. The molecule has 0 aromatic heterocycles. The number of methoxy groups -OCH3 is 1. The van der Waals surface area contributed by atoms with Gasteiger partial charge in [0.1, 0.15) is 18.5 Å². The van der Waals surface area contributed by atoms with Gasteiger partial charge in [-0.1, -0.05) is 11.6 Å². The first-order valence-corrected chi connectivity index (χ1v) is 9.12. The molecule has 0 N–H and O–H groups in total. The summed E-state index contributed by atoms with van der Waals surface area (Å²) in [5, 5.41) is 0. The van der Waals surface area contributed by atoms with E-state index in [9.17, 15) is 4.79 Å². The van der Waals surface area contributed by atoms with Crippen molar-refractivity contribution < 1.29 is 28.5 Å². The molecule has 0 unspecified atom stereocenters. The van der Waals surface area contributed by atoms with Gasteiger partial charge < -0.3 is 23.7 Å². The molecule has 146 valence electrons. The molecule has 0 spiro atoms. The van der Waals surface area contributed by atoms with Crippen LogP contribution in [0.25, 0.3) is 0 Å². The highest BCUT2D eigenvalue weighted by Gasteiger charge is 2.30. The number of hydrogen-bond acceptors (Lipinski definition) is 6. The van der Waals surface area contributed by atoms with E-state index in [-0.39, 0.29) is 19.0 Å². The maximum atomic E-state index is 12.8. The molecule has 2 aromatic rings. The number of hydrogen-bond donors (Lipinski definition) is 0. The Morgan fingerprint density at radius 1 is 1.11 bits per heavy atom. The fourth-order valence-electron chi connectivity index (χ4n) is 3.20. The molecule has 28 heavy (non-hydrogen) atoms. The number of carbonyl (C=O) groups is 1. The van der Waals surface area contributed by atoms with E-state index in [0.29, 0.717) is 40.9 Å². The van der Waals surface area contributed by atoms with Gasteiger partial charge in [-0.15, -0.1) is 0 Å². The lowest BCUT2D eigenvalue weighted by Gasteiger charge is -2.26. The first-order chi connectivity index (χ1) is 13.5. The van der Waals surface area contributed by atoms with E-state index in [1.807, 2.05) is 38.1 Å². The maximum absolute atomic E-state index is 12.8. The quantitative estimate of drug-likeness (QED) is 0.711. The second-order valence-electron chi connectivity index (χ2n) is 6.94. The number of carbonyl (C=O) groups excluding carboxylic acids is 1. The van der Waals surface area contributed by atoms with Gasteiger partial charge in [0, 0.05) is 6.07 Å². The third-order valence-electron chi connectivity index (χ3n) is 4.71. The van der Waals surface area contributed by atoms with Crippen molar-refractivity contribution >= 4 is 5.78 Å². The molecule has 2 heterocycles. The third kappa shape index (κ3) is 3.50. The number of Topliss-reactive ketones (excluding diaryl/α,β-unsaturated/α-hetero) is 1. The lowest BCUT2D eigenvalue weighted by molar-refractivity contribution is 0.0848. The van der Waals surface area contributed by atoms with E-state index in [0.717, 1.165) is 11.1 Å². The summed E-state index contributed by atoms with van der Waals surface area (Å²) in [5.41, 5.74) is 2.53. The van der Waals surface area contributed by atoms with Gasteiger partial charge in [-0.3, -0.25) is 4.79 Å². The largest absolute Gasteiger partial charge is 0.493 e. The van der Waals surface area contributed by atoms with Crippen molar-refractivity contribution in [3.63, 3.8) is 0 Å². The molecule has 4 rings (SSSR count). The van der Waals surface area contributed by atoms with Gasteiger partial charge in [-0.25, -0.2) is 0 Å². The monoisotopic (exact) mass is 382 g/mol. The highest BCUT2D eigenvalue weighted by Crippen LogP contribution is 2.43. The third-order valence-corrected chi connectivity index (χ3v) is 4.71. The van der Waals surface area contributed by atoms with Crippen molar-refractivity contribution in [1.29, 1.82) is 0 Å². The molecule has 6 heteroatoms. The molecule has 0 bridgehead atoms. The van der Waals surface area contributed by atoms with Gasteiger partial charge in [0.05, 0.1) is 19.1 Å². The SMILES string of the molecule is COc1cc2c(cc1OCC=C(C)C)C(=O)C[C@@H](c1ccc3c(c1)OCO3)O2.